The lowest BCUT2D eigenvalue weighted by atomic mass is 9.85. The van der Waals surface area contributed by atoms with E-state index in [-0.39, 0.29) is 0 Å². The Kier molecular flexibility index (Phi) is 3.93. The maximum atomic E-state index is 5.98. The van der Waals surface area contributed by atoms with Crippen molar-refractivity contribution in [2.45, 2.75) is 25.1 Å². The minimum absolute atomic E-state index is 0.436. The van der Waals surface area contributed by atoms with Gasteiger partial charge in [-0.25, -0.2) is 4.98 Å². The van der Waals surface area contributed by atoms with Crippen LogP contribution in [0, 0.1) is 5.92 Å². The summed E-state index contributed by atoms with van der Waals surface area (Å²) in [5, 5.41) is 0.649. The van der Waals surface area contributed by atoms with Gasteiger partial charge in [0.15, 0.2) is 0 Å². The van der Waals surface area contributed by atoms with E-state index >= 15 is 0 Å². The van der Waals surface area contributed by atoms with Gasteiger partial charge in [0.1, 0.15) is 5.82 Å². The average molecular weight is 259 g/mol. The summed E-state index contributed by atoms with van der Waals surface area (Å²) in [6, 6.07) is 1.98. The predicted molar refractivity (Wildman–Crippen MR) is 69.4 cm³/mol. The Morgan fingerprint density at radius 1 is 1.50 bits per heavy atom. The zero-order chi connectivity index (χ0) is 11.5. The zero-order valence-corrected chi connectivity index (χ0v) is 10.9. The molecule has 0 aliphatic heterocycles. The molecular formula is C12H16Cl2N2. The van der Waals surface area contributed by atoms with Crippen molar-refractivity contribution >= 4 is 29.0 Å². The Bertz CT molecular complexity index is 364. The van der Waals surface area contributed by atoms with Crippen molar-refractivity contribution in [3.05, 3.63) is 22.8 Å². The fourth-order valence-corrected chi connectivity index (χ4v) is 2.39. The summed E-state index contributed by atoms with van der Waals surface area (Å²) >= 11 is 11.8. The van der Waals surface area contributed by atoms with Gasteiger partial charge in [0.05, 0.1) is 5.02 Å². The Morgan fingerprint density at radius 2 is 2.25 bits per heavy atom. The van der Waals surface area contributed by atoms with Crippen molar-refractivity contribution in [1.82, 2.24) is 4.98 Å². The highest BCUT2D eigenvalue weighted by atomic mass is 35.5. The highest BCUT2D eigenvalue weighted by molar-refractivity contribution is 6.32. The van der Waals surface area contributed by atoms with Crippen LogP contribution in [0.5, 0.6) is 0 Å². The molecule has 2 rings (SSSR count). The molecule has 16 heavy (non-hydrogen) atoms. The molecule has 1 aliphatic rings. The number of alkyl halides is 1. The van der Waals surface area contributed by atoms with Crippen molar-refractivity contribution in [3.63, 3.8) is 0 Å². The predicted octanol–water partition coefficient (Wildman–Crippen LogP) is 3.71. The zero-order valence-electron chi connectivity index (χ0n) is 9.42. The third kappa shape index (κ3) is 2.61. The maximum Gasteiger partial charge on any atom is 0.128 e. The summed E-state index contributed by atoms with van der Waals surface area (Å²) in [5.74, 6) is 2.24. The Labute approximate surface area is 107 Å². The van der Waals surface area contributed by atoms with Gasteiger partial charge < -0.3 is 4.90 Å². The number of hydrogen-bond donors (Lipinski definition) is 0. The molecule has 4 heteroatoms. The molecule has 0 bridgehead atoms. The van der Waals surface area contributed by atoms with E-state index in [1.807, 2.05) is 6.07 Å². The van der Waals surface area contributed by atoms with Crippen LogP contribution in [0.3, 0.4) is 0 Å². The van der Waals surface area contributed by atoms with Crippen molar-refractivity contribution < 1.29 is 0 Å². The molecule has 1 aromatic rings. The molecule has 2 nitrogen and oxygen atoms in total. The van der Waals surface area contributed by atoms with Crippen LogP contribution in [0.1, 0.15) is 24.8 Å². The Morgan fingerprint density at radius 3 is 2.81 bits per heavy atom. The van der Waals surface area contributed by atoms with Gasteiger partial charge in [-0.3, -0.25) is 0 Å². The van der Waals surface area contributed by atoms with E-state index in [1.54, 1.807) is 6.20 Å². The van der Waals surface area contributed by atoms with Gasteiger partial charge in [-0.1, -0.05) is 18.0 Å². The quantitative estimate of drug-likeness (QED) is 0.766. The van der Waals surface area contributed by atoms with Gasteiger partial charge in [0, 0.05) is 25.7 Å². The van der Waals surface area contributed by atoms with Gasteiger partial charge in [-0.05, 0) is 30.4 Å². The van der Waals surface area contributed by atoms with Crippen LogP contribution >= 0.6 is 23.2 Å². The number of anilines is 1. The van der Waals surface area contributed by atoms with Crippen LogP contribution < -0.4 is 4.90 Å². The van der Waals surface area contributed by atoms with Crippen molar-refractivity contribution in [2.75, 3.05) is 18.5 Å². The largest absolute Gasteiger partial charge is 0.359 e. The summed E-state index contributed by atoms with van der Waals surface area (Å²) in [7, 11) is 2.08. The lowest BCUT2D eigenvalue weighted by Gasteiger charge is -2.30. The first-order valence-corrected chi connectivity index (χ1v) is 6.53. The Hall–Kier alpha value is -0.470. The molecule has 1 aliphatic carbocycles. The molecule has 0 unspecified atom stereocenters. The van der Waals surface area contributed by atoms with E-state index in [1.165, 1.54) is 19.3 Å². The van der Waals surface area contributed by atoms with Crippen LogP contribution in [0.2, 0.25) is 5.02 Å². The number of rotatable bonds is 4. The average Bonchev–Trinajstić information content (AvgIpc) is 2.24. The Balaban J connectivity index is 2.06. The normalized spacial score (nSPS) is 15.9. The highest BCUT2D eigenvalue weighted by Gasteiger charge is 2.19. The van der Waals surface area contributed by atoms with Crippen LogP contribution in [-0.4, -0.2) is 18.6 Å². The molecule has 0 aromatic carbocycles. The number of hydrogen-bond acceptors (Lipinski definition) is 2. The molecule has 0 atom stereocenters. The number of pyridine rings is 1. The summed E-state index contributed by atoms with van der Waals surface area (Å²) in [4.78, 5) is 6.52. The lowest BCUT2D eigenvalue weighted by molar-refractivity contribution is 0.321. The van der Waals surface area contributed by atoms with Crippen LogP contribution in [0.4, 0.5) is 5.82 Å². The second-order valence-corrected chi connectivity index (χ2v) is 5.12. The first-order valence-electron chi connectivity index (χ1n) is 5.62. The van der Waals surface area contributed by atoms with Gasteiger partial charge in [-0.15, -0.1) is 11.6 Å². The van der Waals surface area contributed by atoms with Gasteiger partial charge in [-0.2, -0.15) is 0 Å². The molecule has 0 saturated heterocycles. The van der Waals surface area contributed by atoms with Crippen molar-refractivity contribution in [2.24, 2.45) is 5.92 Å². The van der Waals surface area contributed by atoms with E-state index in [9.17, 15) is 0 Å². The minimum Gasteiger partial charge on any atom is -0.359 e. The van der Waals surface area contributed by atoms with Gasteiger partial charge in [0.25, 0.3) is 0 Å². The van der Waals surface area contributed by atoms with E-state index < -0.39 is 0 Å². The number of nitrogens with zero attached hydrogens (tertiary/aromatic N) is 2. The second-order valence-electron chi connectivity index (χ2n) is 4.44. The fraction of sp³-hybridized carbons (Fsp3) is 0.583. The van der Waals surface area contributed by atoms with Gasteiger partial charge in [0.2, 0.25) is 0 Å². The van der Waals surface area contributed by atoms with E-state index in [0.29, 0.717) is 10.9 Å². The van der Waals surface area contributed by atoms with Crippen LogP contribution in [0.25, 0.3) is 0 Å². The summed E-state index contributed by atoms with van der Waals surface area (Å²) in [5.41, 5.74) is 0.953. The first-order chi connectivity index (χ1) is 7.70. The molecule has 1 heterocycles. The third-order valence-electron chi connectivity index (χ3n) is 3.21. The first kappa shape index (κ1) is 12.0. The van der Waals surface area contributed by atoms with E-state index in [0.717, 1.165) is 23.8 Å². The molecule has 0 radical (unpaired) electrons. The monoisotopic (exact) mass is 258 g/mol. The maximum absolute atomic E-state index is 5.98. The molecule has 0 amide bonds. The van der Waals surface area contributed by atoms with E-state index in [4.69, 9.17) is 23.2 Å². The van der Waals surface area contributed by atoms with Crippen LogP contribution in [0.15, 0.2) is 12.3 Å². The lowest BCUT2D eigenvalue weighted by Crippen LogP contribution is -2.29. The van der Waals surface area contributed by atoms with Crippen molar-refractivity contribution in [1.29, 1.82) is 0 Å². The molecule has 1 saturated carbocycles. The summed E-state index contributed by atoms with van der Waals surface area (Å²) in [6.07, 6.45) is 5.76. The number of aromatic nitrogens is 1. The molecule has 0 N–H and O–H groups in total. The fourth-order valence-electron chi connectivity index (χ4n) is 1.94. The summed E-state index contributed by atoms with van der Waals surface area (Å²) in [6.45, 7) is 1.08. The number of halogens is 2. The topological polar surface area (TPSA) is 16.1 Å². The minimum atomic E-state index is 0.436. The summed E-state index contributed by atoms with van der Waals surface area (Å²) < 4.78 is 0. The standard InChI is InChI=1S/C12H16Cl2N2/c1-16(8-9-3-2-4-9)12-5-10(6-13)11(14)7-15-12/h5,7,9H,2-4,6,8H2,1H3. The second kappa shape index (κ2) is 5.24. The third-order valence-corrected chi connectivity index (χ3v) is 3.84. The molecule has 1 fully saturated rings. The molecular weight excluding hydrogens is 243 g/mol. The van der Waals surface area contributed by atoms with Crippen LogP contribution in [-0.2, 0) is 5.88 Å². The molecule has 0 spiro atoms. The SMILES string of the molecule is CN(CC1CCC1)c1cc(CCl)c(Cl)cn1. The van der Waals surface area contributed by atoms with Crippen molar-refractivity contribution in [3.8, 4) is 0 Å². The molecule has 1 aromatic heterocycles. The van der Waals surface area contributed by atoms with Gasteiger partial charge >= 0.3 is 0 Å². The molecule has 88 valence electrons. The highest BCUT2D eigenvalue weighted by Crippen LogP contribution is 2.28. The smallest absolute Gasteiger partial charge is 0.128 e. The van der Waals surface area contributed by atoms with E-state index in [2.05, 4.69) is 16.9 Å².